The first-order chi connectivity index (χ1) is 27.9. The van der Waals surface area contributed by atoms with E-state index in [1.54, 1.807) is 0 Å². The summed E-state index contributed by atoms with van der Waals surface area (Å²) in [6, 6.07) is 43.5. The van der Waals surface area contributed by atoms with Crippen molar-refractivity contribution in [1.29, 1.82) is 0 Å². The Morgan fingerprint density at radius 3 is 1.93 bits per heavy atom. The Balaban J connectivity index is 1.13. The Morgan fingerprint density at radius 2 is 1.28 bits per heavy atom. The molecule has 0 saturated carbocycles. The molecule has 3 atom stereocenters. The van der Waals surface area contributed by atoms with E-state index in [1.165, 1.54) is 79.0 Å². The Kier molecular flexibility index (Phi) is 12.2. The van der Waals surface area contributed by atoms with E-state index < -0.39 is 0 Å². The summed E-state index contributed by atoms with van der Waals surface area (Å²) < 4.78 is 0. The topological polar surface area (TPSA) is 15.3 Å². The van der Waals surface area contributed by atoms with Gasteiger partial charge in [-0.1, -0.05) is 142 Å². The zero-order valence-electron chi connectivity index (χ0n) is 36.2. The van der Waals surface area contributed by atoms with Gasteiger partial charge in [-0.25, -0.2) is 0 Å². The van der Waals surface area contributed by atoms with E-state index in [2.05, 4.69) is 224 Å². The van der Waals surface area contributed by atoms with Crippen LogP contribution in [0.5, 0.6) is 0 Å². The predicted molar refractivity (Wildman–Crippen MR) is 254 cm³/mol. The highest BCUT2D eigenvalue weighted by Gasteiger charge is 2.36. The van der Waals surface area contributed by atoms with Crippen LogP contribution < -0.4 is 10.2 Å². The number of hydrogen-bond acceptors (Lipinski definition) is 2. The quantitative estimate of drug-likeness (QED) is 0.101. The zero-order chi connectivity index (χ0) is 41.0. The zero-order valence-corrected chi connectivity index (χ0v) is 36.2. The van der Waals surface area contributed by atoms with Gasteiger partial charge in [0, 0.05) is 40.1 Å². The normalized spacial score (nSPS) is 18.0. The molecule has 0 spiro atoms. The Labute approximate surface area is 349 Å². The highest BCUT2D eigenvalue weighted by molar-refractivity contribution is 5.87. The van der Waals surface area contributed by atoms with Crippen LogP contribution in [0.3, 0.4) is 0 Å². The highest BCUT2D eigenvalue weighted by atomic mass is 15.1. The number of fused-ring (bicyclic) bond motifs is 3. The summed E-state index contributed by atoms with van der Waals surface area (Å²) in [5.74, 6) is 0.931. The average molecular weight is 763 g/mol. The van der Waals surface area contributed by atoms with Gasteiger partial charge in [-0.3, -0.25) is 0 Å². The number of hydrogen-bond donors (Lipinski definition) is 1. The third-order valence-corrected chi connectivity index (χ3v) is 12.7. The molecule has 0 radical (unpaired) electrons. The van der Waals surface area contributed by atoms with E-state index in [9.17, 15) is 0 Å². The molecule has 0 aromatic heterocycles. The van der Waals surface area contributed by atoms with E-state index in [0.29, 0.717) is 17.9 Å². The molecule has 2 aliphatic carbocycles. The van der Waals surface area contributed by atoms with Crippen molar-refractivity contribution in [2.75, 3.05) is 10.2 Å². The van der Waals surface area contributed by atoms with Crippen LogP contribution in [0.2, 0.25) is 0 Å². The number of nitrogens with one attached hydrogen (secondary N) is 1. The number of allylic oxidation sites excluding steroid dienone is 9. The first-order valence-electron chi connectivity index (χ1n) is 21.4. The molecule has 58 heavy (non-hydrogen) atoms. The van der Waals surface area contributed by atoms with E-state index in [1.807, 2.05) is 0 Å². The predicted octanol–water partition coefficient (Wildman–Crippen LogP) is 16.1. The maximum Gasteiger partial charge on any atom is 0.0465 e. The second kappa shape index (κ2) is 17.5. The molecule has 0 amide bonds. The van der Waals surface area contributed by atoms with Crippen LogP contribution in [0.4, 0.5) is 22.7 Å². The molecule has 2 aliphatic rings. The molecular formula is C56H62N2. The number of para-hydroxylation sites is 1. The minimum atomic E-state index is -0.160. The smallest absolute Gasteiger partial charge is 0.0465 e. The van der Waals surface area contributed by atoms with Crippen molar-refractivity contribution in [3.05, 3.63) is 191 Å². The third-order valence-electron chi connectivity index (χ3n) is 12.7. The minimum Gasteiger partial charge on any atom is -0.381 e. The molecule has 2 unspecified atom stereocenters. The molecule has 2 nitrogen and oxygen atoms in total. The molecule has 5 aromatic carbocycles. The Bertz CT molecular complexity index is 2380. The standard InChI is InChI=1S/C56H62N2/c1-10-39(4)40(5)22-23-42(7)43-24-26-45(27-25-43)50-18-14-15-19-55(50)57-46-30-34-51-52-35-33-49(37-54(52)56(8,9)53(51)36-46)58(47-16-12-11-13-17-47)48-31-28-44(29-32-48)41(6)21-20-38(2)3/h11-14,16-18,20-37,39,50,55,57H,10,15,19H2,1-9H3/b40-22-,41-21+,42-23+/t39-,50?,55?/m0/s1. The van der Waals surface area contributed by atoms with Gasteiger partial charge in [-0.2, -0.15) is 0 Å². The lowest BCUT2D eigenvalue weighted by Gasteiger charge is -2.31. The van der Waals surface area contributed by atoms with E-state index in [0.717, 1.165) is 24.2 Å². The number of benzene rings is 5. The molecular weight excluding hydrogens is 701 g/mol. The largest absolute Gasteiger partial charge is 0.381 e. The third kappa shape index (κ3) is 8.63. The number of nitrogens with zero attached hydrogens (tertiary/aromatic N) is 1. The number of rotatable bonds is 12. The van der Waals surface area contributed by atoms with Gasteiger partial charge in [0.05, 0.1) is 0 Å². The summed E-state index contributed by atoms with van der Waals surface area (Å²) in [5, 5.41) is 4.02. The molecule has 0 fully saturated rings. The van der Waals surface area contributed by atoms with Gasteiger partial charge >= 0.3 is 0 Å². The summed E-state index contributed by atoms with van der Waals surface area (Å²) in [6.45, 7) is 20.3. The van der Waals surface area contributed by atoms with Crippen LogP contribution in [0.25, 0.3) is 22.3 Å². The summed E-state index contributed by atoms with van der Waals surface area (Å²) >= 11 is 0. The Morgan fingerprint density at radius 1 is 0.690 bits per heavy atom. The summed E-state index contributed by atoms with van der Waals surface area (Å²) in [7, 11) is 0. The molecule has 0 aliphatic heterocycles. The Hall–Kier alpha value is -5.60. The molecule has 2 heteroatoms. The lowest BCUT2D eigenvalue weighted by molar-refractivity contribution is 0.579. The molecule has 296 valence electrons. The fourth-order valence-electron chi connectivity index (χ4n) is 8.60. The molecule has 1 N–H and O–H groups in total. The van der Waals surface area contributed by atoms with Crippen LogP contribution in [-0.2, 0) is 5.41 Å². The fraction of sp³-hybridized carbons (Fsp3) is 0.286. The van der Waals surface area contributed by atoms with Crippen molar-refractivity contribution in [2.24, 2.45) is 5.92 Å². The summed E-state index contributed by atoms with van der Waals surface area (Å²) in [6.07, 6.45) is 17.1. The van der Waals surface area contributed by atoms with Crippen LogP contribution in [0.15, 0.2) is 163 Å². The SMILES string of the molecule is CC[C@H](C)/C(C)=C\C=C(/C)c1ccc(C2C=CCCC2Nc2ccc3c(c2)C(C)(C)c2cc(N(c4ccccc4)c4ccc(/C(C)=C/C=C(C)C)cc4)ccc2-3)cc1. The van der Waals surface area contributed by atoms with Gasteiger partial charge in [0.25, 0.3) is 0 Å². The molecule has 7 rings (SSSR count). The fourth-order valence-corrected chi connectivity index (χ4v) is 8.60. The summed E-state index contributed by atoms with van der Waals surface area (Å²) in [4.78, 5) is 2.39. The number of anilines is 4. The van der Waals surface area contributed by atoms with Crippen LogP contribution >= 0.6 is 0 Å². The van der Waals surface area contributed by atoms with Gasteiger partial charge in [-0.15, -0.1) is 0 Å². The maximum atomic E-state index is 4.02. The van der Waals surface area contributed by atoms with Crippen LogP contribution in [0.1, 0.15) is 115 Å². The van der Waals surface area contributed by atoms with Crippen molar-refractivity contribution in [3.63, 3.8) is 0 Å². The van der Waals surface area contributed by atoms with Crippen molar-refractivity contribution in [2.45, 2.75) is 99.0 Å². The van der Waals surface area contributed by atoms with Gasteiger partial charge in [0.2, 0.25) is 0 Å². The van der Waals surface area contributed by atoms with Crippen molar-refractivity contribution >= 4 is 33.9 Å². The van der Waals surface area contributed by atoms with Gasteiger partial charge < -0.3 is 10.2 Å². The summed E-state index contributed by atoms with van der Waals surface area (Å²) in [5.41, 5.74) is 19.1. The van der Waals surface area contributed by atoms with E-state index in [-0.39, 0.29) is 5.41 Å². The average Bonchev–Trinajstić information content (AvgIpc) is 3.47. The van der Waals surface area contributed by atoms with Crippen LogP contribution in [-0.4, -0.2) is 6.04 Å². The second-order valence-electron chi connectivity index (χ2n) is 17.4. The van der Waals surface area contributed by atoms with Gasteiger partial charge in [0.1, 0.15) is 0 Å². The van der Waals surface area contributed by atoms with Gasteiger partial charge in [-0.05, 0) is 158 Å². The second-order valence-corrected chi connectivity index (χ2v) is 17.4. The van der Waals surface area contributed by atoms with Crippen molar-refractivity contribution in [1.82, 2.24) is 0 Å². The first-order valence-corrected chi connectivity index (χ1v) is 21.4. The lowest BCUT2D eigenvalue weighted by atomic mass is 9.81. The molecule has 0 saturated heterocycles. The van der Waals surface area contributed by atoms with Gasteiger partial charge in [0.15, 0.2) is 0 Å². The monoisotopic (exact) mass is 762 g/mol. The maximum absolute atomic E-state index is 4.02. The van der Waals surface area contributed by atoms with Crippen LogP contribution in [0, 0.1) is 5.92 Å². The first kappa shape index (κ1) is 40.6. The molecule has 0 heterocycles. The lowest BCUT2D eigenvalue weighted by Crippen LogP contribution is -2.28. The van der Waals surface area contributed by atoms with E-state index >= 15 is 0 Å². The highest BCUT2D eigenvalue weighted by Crippen LogP contribution is 2.51. The van der Waals surface area contributed by atoms with Crippen molar-refractivity contribution < 1.29 is 0 Å². The van der Waals surface area contributed by atoms with E-state index in [4.69, 9.17) is 0 Å². The van der Waals surface area contributed by atoms with Crippen molar-refractivity contribution in [3.8, 4) is 11.1 Å². The molecule has 5 aromatic rings. The minimum absolute atomic E-state index is 0.160. The molecule has 0 bridgehead atoms.